The van der Waals surface area contributed by atoms with E-state index in [0.717, 1.165) is 16.9 Å². The van der Waals surface area contributed by atoms with E-state index in [1.807, 2.05) is 12.2 Å². The van der Waals surface area contributed by atoms with Crippen molar-refractivity contribution in [1.82, 2.24) is 9.13 Å². The molecule has 1 aliphatic rings. The van der Waals surface area contributed by atoms with E-state index in [0.29, 0.717) is 6.42 Å². The molecular weight excluding hydrogens is 571 g/mol. The van der Waals surface area contributed by atoms with E-state index in [4.69, 9.17) is 0 Å². The second-order valence-electron chi connectivity index (χ2n) is 12.5. The number of rotatable bonds is 4. The van der Waals surface area contributed by atoms with Crippen molar-refractivity contribution in [1.29, 1.82) is 5.26 Å². The van der Waals surface area contributed by atoms with E-state index in [1.54, 1.807) is 0 Å². The Hall–Kier alpha value is -6.11. The third-order valence-electron chi connectivity index (χ3n) is 9.84. The SMILES string of the molecule is Cc1cccc2c1c1ccccc1n2-c1ccc(-c2ccccc2-n2c3ccccc3c3ccccc32)c(C2C=CC=C(C#N)C2)c1. The van der Waals surface area contributed by atoms with Gasteiger partial charge in [-0.2, -0.15) is 5.26 Å². The van der Waals surface area contributed by atoms with Crippen molar-refractivity contribution in [2.45, 2.75) is 19.3 Å². The monoisotopic (exact) mass is 601 g/mol. The molecule has 0 fully saturated rings. The molecule has 47 heavy (non-hydrogen) atoms. The van der Waals surface area contributed by atoms with Gasteiger partial charge in [-0.3, -0.25) is 0 Å². The number of aromatic nitrogens is 2. The van der Waals surface area contributed by atoms with Gasteiger partial charge in [0.1, 0.15) is 0 Å². The van der Waals surface area contributed by atoms with Crippen LogP contribution in [0.2, 0.25) is 0 Å². The van der Waals surface area contributed by atoms with Crippen molar-refractivity contribution in [3.05, 3.63) is 168 Å². The molecule has 0 amide bonds. The Labute approximate surface area is 273 Å². The van der Waals surface area contributed by atoms with Gasteiger partial charge in [0.2, 0.25) is 0 Å². The highest BCUT2D eigenvalue weighted by molar-refractivity contribution is 6.11. The molecule has 1 unspecified atom stereocenters. The van der Waals surface area contributed by atoms with Gasteiger partial charge in [-0.15, -0.1) is 0 Å². The molecule has 1 atom stereocenters. The lowest BCUT2D eigenvalue weighted by Crippen LogP contribution is -2.06. The predicted molar refractivity (Wildman–Crippen MR) is 195 cm³/mol. The number of allylic oxidation sites excluding steroid dienone is 4. The van der Waals surface area contributed by atoms with Gasteiger partial charge in [-0.1, -0.05) is 103 Å². The highest BCUT2D eigenvalue weighted by atomic mass is 15.0. The van der Waals surface area contributed by atoms with Crippen molar-refractivity contribution in [2.75, 3.05) is 0 Å². The molecule has 0 bridgehead atoms. The number of aryl methyl sites for hydroxylation is 1. The summed E-state index contributed by atoms with van der Waals surface area (Å²) in [6.07, 6.45) is 6.92. The summed E-state index contributed by atoms with van der Waals surface area (Å²) in [5.41, 5.74) is 12.7. The lowest BCUT2D eigenvalue weighted by atomic mass is 9.83. The quantitative estimate of drug-likeness (QED) is 0.198. The van der Waals surface area contributed by atoms with E-state index in [2.05, 4.69) is 162 Å². The Morgan fingerprint density at radius 2 is 1.26 bits per heavy atom. The van der Waals surface area contributed by atoms with E-state index >= 15 is 0 Å². The van der Waals surface area contributed by atoms with Gasteiger partial charge in [-0.25, -0.2) is 0 Å². The maximum atomic E-state index is 9.92. The van der Waals surface area contributed by atoms with Gasteiger partial charge in [-0.05, 0) is 78.6 Å². The summed E-state index contributed by atoms with van der Waals surface area (Å²) in [4.78, 5) is 0. The molecule has 0 radical (unpaired) electrons. The van der Waals surface area contributed by atoms with Crippen molar-refractivity contribution >= 4 is 43.6 Å². The summed E-state index contributed by atoms with van der Waals surface area (Å²) in [7, 11) is 0. The highest BCUT2D eigenvalue weighted by Gasteiger charge is 2.23. The summed E-state index contributed by atoms with van der Waals surface area (Å²) in [6.45, 7) is 2.20. The fourth-order valence-corrected chi connectivity index (χ4v) is 7.77. The summed E-state index contributed by atoms with van der Waals surface area (Å²) in [5, 5.41) is 15.0. The minimum atomic E-state index is 0.0608. The number of hydrogen-bond acceptors (Lipinski definition) is 1. The number of nitrogens with zero attached hydrogens (tertiary/aromatic N) is 3. The van der Waals surface area contributed by atoms with Crippen LogP contribution in [0, 0.1) is 18.3 Å². The van der Waals surface area contributed by atoms with E-state index in [-0.39, 0.29) is 5.92 Å². The smallest absolute Gasteiger partial charge is 0.0947 e. The molecule has 0 saturated heterocycles. The van der Waals surface area contributed by atoms with Crippen LogP contribution in [0.3, 0.4) is 0 Å². The molecular formula is C44H31N3. The van der Waals surface area contributed by atoms with Crippen LogP contribution in [0.25, 0.3) is 66.1 Å². The van der Waals surface area contributed by atoms with Crippen molar-refractivity contribution in [2.24, 2.45) is 0 Å². The van der Waals surface area contributed by atoms with Crippen LogP contribution in [-0.2, 0) is 0 Å². The minimum absolute atomic E-state index is 0.0608. The van der Waals surface area contributed by atoms with Crippen LogP contribution in [-0.4, -0.2) is 9.13 Å². The molecule has 3 heteroatoms. The molecule has 2 aromatic heterocycles. The Bertz CT molecular complexity index is 2580. The van der Waals surface area contributed by atoms with Crippen LogP contribution in [0.4, 0.5) is 0 Å². The number of para-hydroxylation sites is 4. The van der Waals surface area contributed by atoms with E-state index in [9.17, 15) is 5.26 Å². The maximum absolute atomic E-state index is 9.92. The largest absolute Gasteiger partial charge is 0.309 e. The van der Waals surface area contributed by atoms with Crippen LogP contribution >= 0.6 is 0 Å². The Morgan fingerprint density at radius 1 is 0.617 bits per heavy atom. The maximum Gasteiger partial charge on any atom is 0.0947 e. The zero-order valence-electron chi connectivity index (χ0n) is 26.1. The van der Waals surface area contributed by atoms with Crippen LogP contribution in [0.5, 0.6) is 0 Å². The molecule has 0 aliphatic heterocycles. The second-order valence-corrected chi connectivity index (χ2v) is 12.5. The molecule has 1 aliphatic carbocycles. The molecule has 8 aromatic rings. The molecule has 0 N–H and O–H groups in total. The first kappa shape index (κ1) is 27.2. The summed E-state index contributed by atoms with van der Waals surface area (Å²) < 4.78 is 4.81. The van der Waals surface area contributed by atoms with Crippen LogP contribution in [0.1, 0.15) is 23.5 Å². The first-order valence-corrected chi connectivity index (χ1v) is 16.2. The van der Waals surface area contributed by atoms with Gasteiger partial charge in [0.05, 0.1) is 33.8 Å². The number of benzene rings is 6. The van der Waals surface area contributed by atoms with Crippen molar-refractivity contribution < 1.29 is 0 Å². The first-order chi connectivity index (χ1) is 23.2. The molecule has 2 heterocycles. The molecule has 6 aromatic carbocycles. The van der Waals surface area contributed by atoms with Crippen molar-refractivity contribution in [3.63, 3.8) is 0 Å². The second kappa shape index (κ2) is 10.8. The number of hydrogen-bond donors (Lipinski definition) is 0. The average molecular weight is 602 g/mol. The van der Waals surface area contributed by atoms with Gasteiger partial charge >= 0.3 is 0 Å². The average Bonchev–Trinajstić information content (AvgIpc) is 3.65. The Balaban J connectivity index is 1.32. The fourth-order valence-electron chi connectivity index (χ4n) is 7.77. The van der Waals surface area contributed by atoms with Crippen molar-refractivity contribution in [3.8, 4) is 28.6 Å². The number of fused-ring (bicyclic) bond motifs is 6. The molecule has 222 valence electrons. The van der Waals surface area contributed by atoms with Gasteiger partial charge in [0, 0.05) is 44.3 Å². The predicted octanol–water partition coefficient (Wildman–Crippen LogP) is 11.3. The van der Waals surface area contributed by atoms with Gasteiger partial charge < -0.3 is 9.13 Å². The summed E-state index contributed by atoms with van der Waals surface area (Å²) in [6, 6.07) is 50.7. The lowest BCUT2D eigenvalue weighted by Gasteiger charge is -2.23. The molecule has 9 rings (SSSR count). The Morgan fingerprint density at radius 3 is 2.00 bits per heavy atom. The van der Waals surface area contributed by atoms with Crippen LogP contribution in [0.15, 0.2) is 157 Å². The third kappa shape index (κ3) is 4.19. The molecule has 0 spiro atoms. The fraction of sp³-hybridized carbons (Fsp3) is 0.0682. The summed E-state index contributed by atoms with van der Waals surface area (Å²) in [5.74, 6) is 0.0608. The third-order valence-corrected chi connectivity index (χ3v) is 9.84. The molecule has 3 nitrogen and oxygen atoms in total. The molecule has 0 saturated carbocycles. The highest BCUT2D eigenvalue weighted by Crippen LogP contribution is 2.42. The van der Waals surface area contributed by atoms with Gasteiger partial charge in [0.15, 0.2) is 0 Å². The van der Waals surface area contributed by atoms with E-state index < -0.39 is 0 Å². The zero-order chi connectivity index (χ0) is 31.5. The first-order valence-electron chi connectivity index (χ1n) is 16.2. The zero-order valence-corrected chi connectivity index (χ0v) is 26.1. The van der Waals surface area contributed by atoms with E-state index in [1.165, 1.54) is 65.9 Å². The number of nitriles is 1. The van der Waals surface area contributed by atoms with Gasteiger partial charge in [0.25, 0.3) is 0 Å². The summed E-state index contributed by atoms with van der Waals surface area (Å²) >= 11 is 0. The standard InChI is InChI=1S/C44H31N3/c1-29-12-10-23-43-44(29)37-18-5-9-22-42(37)46(43)32-24-25-33(38(27-32)31-14-11-13-30(26-31)28-45)34-15-2-6-19-39(34)47-40-20-7-3-16-35(40)36-17-4-8-21-41(36)47/h2-25,27,31H,26H2,1H3. The Kier molecular flexibility index (Phi) is 6.23. The minimum Gasteiger partial charge on any atom is -0.309 e. The van der Waals surface area contributed by atoms with Crippen LogP contribution < -0.4 is 0 Å². The normalized spacial score (nSPS) is 14.6. The topological polar surface area (TPSA) is 33.6 Å². The lowest BCUT2D eigenvalue weighted by molar-refractivity contribution is 0.831.